The number of quaternary nitrogens is 1. The molecule has 0 aliphatic carbocycles. The van der Waals surface area contributed by atoms with Gasteiger partial charge in [0, 0.05) is 13.0 Å². The number of nitrogens with zero attached hydrogens (tertiary/aromatic N) is 2. The maximum absolute atomic E-state index is 11.3. The van der Waals surface area contributed by atoms with Crippen molar-refractivity contribution in [2.24, 2.45) is 10.7 Å². The molecule has 0 saturated heterocycles. The van der Waals surface area contributed by atoms with Gasteiger partial charge < -0.3 is 10.8 Å². The van der Waals surface area contributed by atoms with Gasteiger partial charge in [0.25, 0.3) is 0 Å². The fourth-order valence-corrected chi connectivity index (χ4v) is 4.54. The van der Waals surface area contributed by atoms with E-state index in [2.05, 4.69) is 24.1 Å². The number of carboxylic acids is 1. The standard InChI is InChI=1S/C27H49N3O2/c1-2-3-4-5-6-7-8-9-10-11-12-13-14-15-16-17-18-19-20-26-29-22-24-30(26,23-21-28)25-27(31)32/h17-18,22,24H,2-16,19-21,23,25,28H2,1H3/p+1/b18-17+. The molecule has 0 aromatic carbocycles. The van der Waals surface area contributed by atoms with E-state index >= 15 is 0 Å². The van der Waals surface area contributed by atoms with E-state index in [4.69, 9.17) is 5.73 Å². The minimum absolute atomic E-state index is 0.0231. The van der Waals surface area contributed by atoms with Crippen molar-refractivity contribution in [1.29, 1.82) is 0 Å². The number of carboxylic acid groups (broad SMARTS) is 1. The molecule has 32 heavy (non-hydrogen) atoms. The minimum atomic E-state index is -0.814. The molecule has 0 fully saturated rings. The van der Waals surface area contributed by atoms with Crippen LogP contribution in [0.3, 0.4) is 0 Å². The summed E-state index contributed by atoms with van der Waals surface area (Å²) in [7, 11) is 0. The molecule has 1 aliphatic rings. The Balaban J connectivity index is 1.97. The summed E-state index contributed by atoms with van der Waals surface area (Å²) in [4.78, 5) is 15.7. The van der Waals surface area contributed by atoms with E-state index in [9.17, 15) is 9.90 Å². The highest BCUT2D eigenvalue weighted by Gasteiger charge is 2.36. The highest BCUT2D eigenvalue weighted by Crippen LogP contribution is 2.20. The lowest BCUT2D eigenvalue weighted by Gasteiger charge is -2.30. The molecule has 1 unspecified atom stereocenters. The zero-order valence-corrected chi connectivity index (χ0v) is 20.8. The first-order valence-corrected chi connectivity index (χ1v) is 13.3. The normalized spacial score (nSPS) is 18.0. The summed E-state index contributed by atoms with van der Waals surface area (Å²) >= 11 is 0. The first kappa shape index (κ1) is 28.6. The number of allylic oxidation sites excluding steroid dienone is 2. The van der Waals surface area contributed by atoms with Crippen LogP contribution in [-0.4, -0.2) is 41.0 Å². The van der Waals surface area contributed by atoms with E-state index in [1.165, 1.54) is 89.9 Å². The van der Waals surface area contributed by atoms with Gasteiger partial charge in [-0.05, 0) is 19.3 Å². The largest absolute Gasteiger partial charge is 0.477 e. The number of carbonyl (C=O) groups is 1. The predicted octanol–water partition coefficient (Wildman–Crippen LogP) is 6.94. The van der Waals surface area contributed by atoms with E-state index in [1.807, 2.05) is 6.20 Å². The number of amidine groups is 1. The lowest BCUT2D eigenvalue weighted by molar-refractivity contribution is -0.778. The van der Waals surface area contributed by atoms with Gasteiger partial charge in [0.1, 0.15) is 12.7 Å². The Kier molecular flexibility index (Phi) is 17.0. The van der Waals surface area contributed by atoms with E-state index in [1.54, 1.807) is 6.20 Å². The van der Waals surface area contributed by atoms with Crippen LogP contribution in [0.15, 0.2) is 29.5 Å². The van der Waals surface area contributed by atoms with Crippen LogP contribution in [0.25, 0.3) is 0 Å². The zero-order valence-electron chi connectivity index (χ0n) is 20.8. The quantitative estimate of drug-likeness (QED) is 0.107. The van der Waals surface area contributed by atoms with Crippen molar-refractivity contribution in [2.75, 3.05) is 19.6 Å². The smallest absolute Gasteiger partial charge is 0.360 e. The van der Waals surface area contributed by atoms with Crippen LogP contribution in [0.2, 0.25) is 0 Å². The molecule has 3 N–H and O–H groups in total. The highest BCUT2D eigenvalue weighted by atomic mass is 16.4. The van der Waals surface area contributed by atoms with Crippen LogP contribution in [0.1, 0.15) is 116 Å². The van der Waals surface area contributed by atoms with Gasteiger partial charge in [-0.2, -0.15) is 0 Å². The number of aliphatic imine (C=N–C) groups is 1. The second-order valence-corrected chi connectivity index (χ2v) is 9.34. The van der Waals surface area contributed by atoms with Gasteiger partial charge in [0.2, 0.25) is 5.84 Å². The molecular weight excluding hydrogens is 398 g/mol. The van der Waals surface area contributed by atoms with Crippen LogP contribution in [0.5, 0.6) is 0 Å². The third kappa shape index (κ3) is 13.2. The molecule has 1 heterocycles. The molecule has 0 radical (unpaired) electrons. The lowest BCUT2D eigenvalue weighted by atomic mass is 10.0. The third-order valence-corrected chi connectivity index (χ3v) is 6.46. The summed E-state index contributed by atoms with van der Waals surface area (Å²) in [6.07, 6.45) is 30.4. The van der Waals surface area contributed by atoms with Gasteiger partial charge in [-0.25, -0.2) is 14.3 Å². The average molecular weight is 449 g/mol. The fraction of sp³-hybridized carbons (Fsp3) is 0.778. The van der Waals surface area contributed by atoms with Crippen LogP contribution in [-0.2, 0) is 4.79 Å². The summed E-state index contributed by atoms with van der Waals surface area (Å²) in [5, 5.41) is 9.25. The average Bonchev–Trinajstić information content (AvgIpc) is 3.14. The molecule has 1 rings (SSSR count). The van der Waals surface area contributed by atoms with E-state index in [-0.39, 0.29) is 11.0 Å². The first-order valence-electron chi connectivity index (χ1n) is 13.3. The van der Waals surface area contributed by atoms with Crippen LogP contribution < -0.4 is 5.73 Å². The topological polar surface area (TPSA) is 75.7 Å². The Morgan fingerprint density at radius 1 is 0.906 bits per heavy atom. The molecule has 0 bridgehead atoms. The Morgan fingerprint density at radius 3 is 1.97 bits per heavy atom. The summed E-state index contributed by atoms with van der Waals surface area (Å²) in [6, 6.07) is 0. The minimum Gasteiger partial charge on any atom is -0.477 e. The third-order valence-electron chi connectivity index (χ3n) is 6.46. The second kappa shape index (κ2) is 19.0. The summed E-state index contributed by atoms with van der Waals surface area (Å²) < 4.78 is 0.276. The molecule has 0 amide bonds. The summed E-state index contributed by atoms with van der Waals surface area (Å²) in [5.74, 6) is 0.102. The van der Waals surface area contributed by atoms with Gasteiger partial charge in [-0.15, -0.1) is 0 Å². The zero-order chi connectivity index (χ0) is 23.3. The van der Waals surface area contributed by atoms with Gasteiger partial charge in [-0.3, -0.25) is 0 Å². The predicted molar refractivity (Wildman–Crippen MR) is 137 cm³/mol. The number of hydrogen-bond donors (Lipinski definition) is 2. The van der Waals surface area contributed by atoms with Gasteiger partial charge >= 0.3 is 5.97 Å². The molecule has 1 atom stereocenters. The molecule has 0 saturated carbocycles. The summed E-state index contributed by atoms with van der Waals surface area (Å²) in [5.41, 5.74) is 5.72. The molecule has 0 spiro atoms. The van der Waals surface area contributed by atoms with Crippen molar-refractivity contribution in [3.63, 3.8) is 0 Å². The number of rotatable bonds is 22. The van der Waals surface area contributed by atoms with Crippen LogP contribution in [0, 0.1) is 0 Å². The Labute approximate surface area is 197 Å². The Hall–Kier alpha value is -1.46. The van der Waals surface area contributed by atoms with Gasteiger partial charge in [0.05, 0.1) is 6.20 Å². The van der Waals surface area contributed by atoms with Crippen molar-refractivity contribution < 1.29 is 14.4 Å². The molecule has 1 aliphatic heterocycles. The van der Waals surface area contributed by atoms with Crippen molar-refractivity contribution in [3.8, 4) is 0 Å². The van der Waals surface area contributed by atoms with Crippen molar-refractivity contribution >= 4 is 11.8 Å². The maximum atomic E-state index is 11.3. The number of nitrogens with two attached hydrogens (primary N) is 1. The van der Waals surface area contributed by atoms with E-state index < -0.39 is 5.97 Å². The van der Waals surface area contributed by atoms with Crippen molar-refractivity contribution in [3.05, 3.63) is 24.6 Å². The lowest BCUT2D eigenvalue weighted by Crippen LogP contribution is -2.52. The highest BCUT2D eigenvalue weighted by molar-refractivity contribution is 5.81. The van der Waals surface area contributed by atoms with Crippen molar-refractivity contribution in [2.45, 2.75) is 116 Å². The number of unbranched alkanes of at least 4 members (excludes halogenated alkanes) is 14. The van der Waals surface area contributed by atoms with Crippen molar-refractivity contribution in [1.82, 2.24) is 0 Å². The van der Waals surface area contributed by atoms with Gasteiger partial charge in [0.15, 0.2) is 6.54 Å². The van der Waals surface area contributed by atoms with E-state index in [0.29, 0.717) is 13.1 Å². The molecule has 184 valence electrons. The molecule has 0 aromatic heterocycles. The molecule has 5 nitrogen and oxygen atoms in total. The monoisotopic (exact) mass is 448 g/mol. The van der Waals surface area contributed by atoms with Crippen LogP contribution in [0.4, 0.5) is 0 Å². The number of hydrogen-bond acceptors (Lipinski definition) is 3. The molecule has 5 heteroatoms. The van der Waals surface area contributed by atoms with E-state index in [0.717, 1.165) is 25.1 Å². The summed E-state index contributed by atoms with van der Waals surface area (Å²) in [6.45, 7) is 3.34. The first-order chi connectivity index (χ1) is 15.6. The van der Waals surface area contributed by atoms with Crippen LogP contribution >= 0.6 is 0 Å². The SMILES string of the molecule is CCCCCCCCCCCCCCCC/C=C/CCC1=NC=C[N+]1(CCN)CC(=O)O. The molecule has 0 aromatic rings. The molecular formula is C27H50N3O2+. The Bertz CT molecular complexity index is 571. The second-order valence-electron chi connectivity index (χ2n) is 9.34. The maximum Gasteiger partial charge on any atom is 0.360 e. The Morgan fingerprint density at radius 2 is 1.44 bits per heavy atom. The van der Waals surface area contributed by atoms with Gasteiger partial charge in [-0.1, -0.05) is 103 Å². The number of aliphatic carboxylic acids is 1. The fourth-order valence-electron chi connectivity index (χ4n) is 4.54.